The molecule has 214 valence electrons. The number of amides is 1. The summed E-state index contributed by atoms with van der Waals surface area (Å²) in [6.07, 6.45) is 1.29. The van der Waals surface area contributed by atoms with Gasteiger partial charge in [0.05, 0.1) is 34.0 Å². The van der Waals surface area contributed by atoms with Crippen molar-refractivity contribution in [3.8, 4) is 5.75 Å². The van der Waals surface area contributed by atoms with Crippen LogP contribution in [-0.4, -0.2) is 60.0 Å². The maximum absolute atomic E-state index is 12.0. The third kappa shape index (κ3) is 7.25. The summed E-state index contributed by atoms with van der Waals surface area (Å²) in [7, 11) is 0.802. The molecule has 0 aliphatic rings. The van der Waals surface area contributed by atoms with Crippen LogP contribution in [-0.2, 0) is 28.9 Å². The quantitative estimate of drug-likeness (QED) is 0.200. The standard InChI is InChI=1S/C27H42N6O5Si/c1-9-10-13-28-24-23-22(29-25(30-24)31-26(35)37-6)20(17-38-39(7,8)27(2,3)4)32-33(23)15-19-12-11-18(16-34)14-21(19)36-5/h11-12,14,34H,9-10,13,15-17H2,1-8H3,(H2,28,29,30,31,35). The van der Waals surface area contributed by atoms with Gasteiger partial charge in [0.2, 0.25) is 5.95 Å². The molecule has 0 saturated carbocycles. The summed E-state index contributed by atoms with van der Waals surface area (Å²) < 4.78 is 18.7. The van der Waals surface area contributed by atoms with Crippen LogP contribution in [0.4, 0.5) is 16.6 Å². The summed E-state index contributed by atoms with van der Waals surface area (Å²) in [4.78, 5) is 21.3. The van der Waals surface area contributed by atoms with Gasteiger partial charge in [0.25, 0.3) is 0 Å². The number of nitrogens with zero attached hydrogens (tertiary/aromatic N) is 4. The number of unbranched alkanes of at least 4 members (excludes halogenated alkanes) is 1. The van der Waals surface area contributed by atoms with E-state index in [1.165, 1.54) is 7.11 Å². The van der Waals surface area contributed by atoms with E-state index in [1.54, 1.807) is 7.11 Å². The highest BCUT2D eigenvalue weighted by Gasteiger charge is 2.37. The summed E-state index contributed by atoms with van der Waals surface area (Å²) in [5.74, 6) is 1.32. The van der Waals surface area contributed by atoms with E-state index in [-0.39, 0.29) is 24.2 Å². The Morgan fingerprint density at radius 3 is 2.54 bits per heavy atom. The largest absolute Gasteiger partial charge is 0.496 e. The molecule has 11 nitrogen and oxygen atoms in total. The SMILES string of the molecule is CCCCNc1nc(NC(=O)OC)nc2c(CO[Si](C)(C)C(C)(C)C)nn(Cc3ccc(CO)cc3OC)c12. The van der Waals surface area contributed by atoms with Crippen LogP contribution in [0.5, 0.6) is 5.75 Å². The van der Waals surface area contributed by atoms with Gasteiger partial charge in [-0.15, -0.1) is 0 Å². The average molecular weight is 559 g/mol. The molecule has 3 aromatic rings. The van der Waals surface area contributed by atoms with Crippen molar-refractivity contribution in [3.63, 3.8) is 0 Å². The topological polar surface area (TPSA) is 133 Å². The first-order valence-electron chi connectivity index (χ1n) is 13.2. The van der Waals surface area contributed by atoms with Crippen LogP contribution >= 0.6 is 0 Å². The predicted octanol–water partition coefficient (Wildman–Crippen LogP) is 5.29. The number of rotatable bonds is 12. The van der Waals surface area contributed by atoms with Crippen LogP contribution < -0.4 is 15.4 Å². The number of hydrogen-bond donors (Lipinski definition) is 3. The molecule has 0 fully saturated rings. The van der Waals surface area contributed by atoms with Gasteiger partial charge in [-0.25, -0.2) is 9.78 Å². The summed E-state index contributed by atoms with van der Waals surface area (Å²) >= 11 is 0. The van der Waals surface area contributed by atoms with Crippen LogP contribution in [0.25, 0.3) is 11.0 Å². The Morgan fingerprint density at radius 1 is 1.18 bits per heavy atom. The maximum atomic E-state index is 12.0. The second-order valence-electron chi connectivity index (χ2n) is 10.9. The van der Waals surface area contributed by atoms with Gasteiger partial charge in [0.1, 0.15) is 22.5 Å². The molecular weight excluding hydrogens is 516 g/mol. The number of aliphatic hydroxyl groups excluding tert-OH is 1. The van der Waals surface area contributed by atoms with Crippen molar-refractivity contribution < 1.29 is 23.8 Å². The van der Waals surface area contributed by atoms with Gasteiger partial charge >= 0.3 is 6.09 Å². The molecule has 2 heterocycles. The summed E-state index contributed by atoms with van der Waals surface area (Å²) in [5.41, 5.74) is 3.57. The molecule has 0 saturated heterocycles. The number of carbonyl (C=O) groups is 1. The van der Waals surface area contributed by atoms with Gasteiger partial charge in [-0.3, -0.25) is 10.00 Å². The maximum Gasteiger partial charge on any atom is 0.413 e. The molecule has 0 bridgehead atoms. The van der Waals surface area contributed by atoms with Crippen molar-refractivity contribution in [2.75, 3.05) is 31.4 Å². The second-order valence-corrected chi connectivity index (χ2v) is 15.8. The van der Waals surface area contributed by atoms with E-state index in [0.29, 0.717) is 41.4 Å². The lowest BCUT2D eigenvalue weighted by atomic mass is 10.1. The Bertz CT molecular complexity index is 1290. The van der Waals surface area contributed by atoms with E-state index < -0.39 is 14.4 Å². The van der Waals surface area contributed by atoms with E-state index in [4.69, 9.17) is 19.0 Å². The molecule has 2 aromatic heterocycles. The number of carbonyl (C=O) groups excluding carboxylic acids is 1. The molecule has 39 heavy (non-hydrogen) atoms. The molecular formula is C27H42N6O5Si. The minimum atomic E-state index is -2.09. The summed E-state index contributed by atoms with van der Waals surface area (Å²) in [6.45, 7) is 14.3. The van der Waals surface area contributed by atoms with E-state index in [1.807, 2.05) is 22.9 Å². The van der Waals surface area contributed by atoms with E-state index in [9.17, 15) is 9.90 Å². The Labute approximate surface area is 231 Å². The minimum absolute atomic E-state index is 0.0205. The third-order valence-electron chi connectivity index (χ3n) is 7.11. The fourth-order valence-corrected chi connectivity index (χ4v) is 4.64. The van der Waals surface area contributed by atoms with Crippen LogP contribution in [0.15, 0.2) is 18.2 Å². The molecule has 0 aliphatic carbocycles. The molecule has 1 aromatic carbocycles. The highest BCUT2D eigenvalue weighted by Crippen LogP contribution is 2.38. The summed E-state index contributed by atoms with van der Waals surface area (Å²) in [6, 6.07) is 5.60. The second kappa shape index (κ2) is 12.8. The number of anilines is 2. The molecule has 3 rings (SSSR count). The van der Waals surface area contributed by atoms with Gasteiger partial charge in [-0.05, 0) is 36.2 Å². The highest BCUT2D eigenvalue weighted by atomic mass is 28.4. The number of benzene rings is 1. The fraction of sp³-hybridized carbons (Fsp3) is 0.556. The van der Waals surface area contributed by atoms with Gasteiger partial charge < -0.3 is 24.3 Å². The van der Waals surface area contributed by atoms with Crippen LogP contribution in [0.2, 0.25) is 18.1 Å². The highest BCUT2D eigenvalue weighted by molar-refractivity contribution is 6.74. The first kappa shape index (κ1) is 30.3. The van der Waals surface area contributed by atoms with E-state index in [0.717, 1.165) is 24.0 Å². The van der Waals surface area contributed by atoms with Crippen LogP contribution in [0.1, 0.15) is 57.4 Å². The Balaban J connectivity index is 2.17. The fourth-order valence-electron chi connectivity index (χ4n) is 3.70. The number of ether oxygens (including phenoxy) is 2. The monoisotopic (exact) mass is 558 g/mol. The number of aliphatic hydroxyl groups is 1. The van der Waals surface area contributed by atoms with Crippen LogP contribution in [0.3, 0.4) is 0 Å². The lowest BCUT2D eigenvalue weighted by molar-refractivity contribution is 0.186. The van der Waals surface area contributed by atoms with Gasteiger partial charge in [0, 0.05) is 12.1 Å². The molecule has 0 unspecified atom stereocenters. The average Bonchev–Trinajstić information content (AvgIpc) is 3.24. The smallest absolute Gasteiger partial charge is 0.413 e. The first-order valence-corrected chi connectivity index (χ1v) is 16.1. The number of nitrogens with one attached hydrogen (secondary N) is 2. The number of fused-ring (bicyclic) bond motifs is 1. The van der Waals surface area contributed by atoms with Crippen molar-refractivity contribution >= 4 is 37.2 Å². The Morgan fingerprint density at radius 2 is 1.92 bits per heavy atom. The Hall–Kier alpha value is -3.22. The molecule has 0 spiro atoms. The van der Waals surface area contributed by atoms with Gasteiger partial charge in [0.15, 0.2) is 14.1 Å². The summed E-state index contributed by atoms with van der Waals surface area (Å²) in [5, 5.41) is 20.5. The van der Waals surface area contributed by atoms with E-state index >= 15 is 0 Å². The number of methoxy groups -OCH3 is 2. The molecule has 0 atom stereocenters. The Kier molecular flexibility index (Phi) is 9.91. The molecule has 0 radical (unpaired) electrons. The van der Waals surface area contributed by atoms with Gasteiger partial charge in [-0.2, -0.15) is 10.1 Å². The van der Waals surface area contributed by atoms with Crippen molar-refractivity contribution in [2.45, 2.75) is 78.4 Å². The molecule has 1 amide bonds. The predicted molar refractivity (Wildman–Crippen MR) is 155 cm³/mol. The van der Waals surface area contributed by atoms with Crippen molar-refractivity contribution in [1.29, 1.82) is 0 Å². The van der Waals surface area contributed by atoms with Crippen molar-refractivity contribution in [1.82, 2.24) is 19.7 Å². The van der Waals surface area contributed by atoms with Crippen molar-refractivity contribution in [3.05, 3.63) is 35.0 Å². The molecule has 3 N–H and O–H groups in total. The normalized spacial score (nSPS) is 12.0. The zero-order valence-corrected chi connectivity index (χ0v) is 25.3. The molecule has 12 heteroatoms. The van der Waals surface area contributed by atoms with Gasteiger partial charge in [-0.1, -0.05) is 46.2 Å². The number of aromatic nitrogens is 4. The van der Waals surface area contributed by atoms with Crippen molar-refractivity contribution in [2.24, 2.45) is 0 Å². The van der Waals surface area contributed by atoms with Crippen LogP contribution in [0, 0.1) is 0 Å². The zero-order chi connectivity index (χ0) is 28.8. The molecule has 0 aliphatic heterocycles. The lowest BCUT2D eigenvalue weighted by Crippen LogP contribution is -2.40. The first-order chi connectivity index (χ1) is 18.4. The van der Waals surface area contributed by atoms with E-state index in [2.05, 4.69) is 61.4 Å². The lowest BCUT2D eigenvalue weighted by Gasteiger charge is -2.35. The zero-order valence-electron chi connectivity index (χ0n) is 24.3. The number of hydrogen-bond acceptors (Lipinski definition) is 9. The minimum Gasteiger partial charge on any atom is -0.496 e. The third-order valence-corrected chi connectivity index (χ3v) is 11.6.